The number of carbonyl (C=O) groups excluding carboxylic acids is 2. The van der Waals surface area contributed by atoms with Crippen LogP contribution >= 0.6 is 23.4 Å². The SMILES string of the molecule is CCCCNC(=O)[C@@H](CC)N(Cc1ccc(Cl)cc1)C(=O)CCSc1ccc(C)cc1. The van der Waals surface area contributed by atoms with Crippen LogP contribution in [0.3, 0.4) is 0 Å². The Morgan fingerprint density at radius 1 is 1.06 bits per heavy atom. The lowest BCUT2D eigenvalue weighted by Gasteiger charge is -2.30. The highest BCUT2D eigenvalue weighted by atomic mass is 35.5. The Labute approximate surface area is 195 Å². The average molecular weight is 461 g/mol. The van der Waals surface area contributed by atoms with Gasteiger partial charge >= 0.3 is 0 Å². The third kappa shape index (κ3) is 8.58. The van der Waals surface area contributed by atoms with Crippen LogP contribution in [0.4, 0.5) is 0 Å². The van der Waals surface area contributed by atoms with Crippen molar-refractivity contribution < 1.29 is 9.59 Å². The van der Waals surface area contributed by atoms with Crippen molar-refractivity contribution in [3.8, 4) is 0 Å². The van der Waals surface area contributed by atoms with E-state index >= 15 is 0 Å². The number of hydrogen-bond acceptors (Lipinski definition) is 3. The van der Waals surface area contributed by atoms with Gasteiger partial charge in [-0.1, -0.05) is 61.7 Å². The molecule has 4 nitrogen and oxygen atoms in total. The lowest BCUT2D eigenvalue weighted by molar-refractivity contribution is -0.141. The zero-order chi connectivity index (χ0) is 22.6. The molecule has 0 fully saturated rings. The van der Waals surface area contributed by atoms with Crippen molar-refractivity contribution >= 4 is 35.2 Å². The van der Waals surface area contributed by atoms with Crippen LogP contribution < -0.4 is 5.32 Å². The standard InChI is InChI=1S/C25H33ClN2O2S/c1-4-6-16-27-25(30)23(5-2)28(18-20-9-11-21(26)12-10-20)24(29)15-17-31-22-13-7-19(3)8-14-22/h7-14,23H,4-6,15-18H2,1-3H3,(H,27,30)/t23-/m1/s1. The Morgan fingerprint density at radius 3 is 2.35 bits per heavy atom. The smallest absolute Gasteiger partial charge is 0.242 e. The van der Waals surface area contributed by atoms with Gasteiger partial charge in [-0.05, 0) is 49.6 Å². The molecule has 0 aliphatic carbocycles. The third-order valence-electron chi connectivity index (χ3n) is 5.09. The molecule has 0 unspecified atom stereocenters. The first-order valence-electron chi connectivity index (χ1n) is 11.0. The minimum atomic E-state index is -0.482. The molecule has 1 N–H and O–H groups in total. The molecule has 0 saturated carbocycles. The monoisotopic (exact) mass is 460 g/mol. The van der Waals surface area contributed by atoms with Gasteiger partial charge in [0.25, 0.3) is 0 Å². The first-order valence-corrected chi connectivity index (χ1v) is 12.3. The van der Waals surface area contributed by atoms with E-state index in [-0.39, 0.29) is 11.8 Å². The van der Waals surface area contributed by atoms with Gasteiger partial charge in [0.1, 0.15) is 6.04 Å². The summed E-state index contributed by atoms with van der Waals surface area (Å²) >= 11 is 7.67. The highest BCUT2D eigenvalue weighted by molar-refractivity contribution is 7.99. The molecule has 2 rings (SSSR count). The number of halogens is 1. The Hall–Kier alpha value is -1.98. The Kier molecular flexibility index (Phi) is 11.0. The number of nitrogens with zero attached hydrogens (tertiary/aromatic N) is 1. The highest BCUT2D eigenvalue weighted by Crippen LogP contribution is 2.21. The molecule has 0 bridgehead atoms. The first kappa shape index (κ1) is 25.3. The van der Waals surface area contributed by atoms with Crippen molar-refractivity contribution in [3.05, 3.63) is 64.7 Å². The molecular weight excluding hydrogens is 428 g/mol. The molecule has 31 heavy (non-hydrogen) atoms. The quantitative estimate of drug-likeness (QED) is 0.319. The molecule has 0 spiro atoms. The summed E-state index contributed by atoms with van der Waals surface area (Å²) in [5, 5.41) is 3.65. The maximum absolute atomic E-state index is 13.2. The van der Waals surface area contributed by atoms with Gasteiger partial charge in [-0.15, -0.1) is 11.8 Å². The number of thioether (sulfide) groups is 1. The highest BCUT2D eigenvalue weighted by Gasteiger charge is 2.28. The number of rotatable bonds is 12. The van der Waals surface area contributed by atoms with Gasteiger partial charge in [0.05, 0.1) is 0 Å². The molecule has 1 atom stereocenters. The number of hydrogen-bond donors (Lipinski definition) is 1. The van der Waals surface area contributed by atoms with Gasteiger partial charge < -0.3 is 10.2 Å². The minimum Gasteiger partial charge on any atom is -0.354 e. The van der Waals surface area contributed by atoms with Crippen molar-refractivity contribution in [3.63, 3.8) is 0 Å². The summed E-state index contributed by atoms with van der Waals surface area (Å²) in [4.78, 5) is 28.9. The van der Waals surface area contributed by atoms with E-state index in [9.17, 15) is 9.59 Å². The van der Waals surface area contributed by atoms with Crippen molar-refractivity contribution in [1.82, 2.24) is 10.2 Å². The second-order valence-electron chi connectivity index (χ2n) is 7.63. The van der Waals surface area contributed by atoms with Gasteiger partial charge in [0.2, 0.25) is 11.8 Å². The van der Waals surface area contributed by atoms with E-state index in [1.807, 2.05) is 31.2 Å². The van der Waals surface area contributed by atoms with Crippen LogP contribution in [0, 0.1) is 6.92 Å². The van der Waals surface area contributed by atoms with Crippen molar-refractivity contribution in [1.29, 1.82) is 0 Å². The van der Waals surface area contributed by atoms with E-state index in [1.54, 1.807) is 16.7 Å². The summed E-state index contributed by atoms with van der Waals surface area (Å²) in [6, 6.07) is 15.3. The van der Waals surface area contributed by atoms with Crippen LogP contribution in [0.25, 0.3) is 0 Å². The maximum Gasteiger partial charge on any atom is 0.242 e. The average Bonchev–Trinajstić information content (AvgIpc) is 2.76. The second-order valence-corrected chi connectivity index (χ2v) is 9.23. The Morgan fingerprint density at radius 2 is 1.74 bits per heavy atom. The molecule has 0 aromatic heterocycles. The fraction of sp³-hybridized carbons (Fsp3) is 0.440. The predicted octanol–water partition coefficient (Wildman–Crippen LogP) is 5.85. The van der Waals surface area contributed by atoms with Crippen LogP contribution in [0.2, 0.25) is 5.02 Å². The lowest BCUT2D eigenvalue weighted by atomic mass is 10.1. The van der Waals surface area contributed by atoms with Gasteiger partial charge in [-0.3, -0.25) is 9.59 Å². The zero-order valence-electron chi connectivity index (χ0n) is 18.7. The van der Waals surface area contributed by atoms with E-state index in [0.717, 1.165) is 23.3 Å². The molecule has 0 aliphatic rings. The van der Waals surface area contributed by atoms with Crippen molar-refractivity contribution in [2.75, 3.05) is 12.3 Å². The molecule has 2 aromatic carbocycles. The summed E-state index contributed by atoms with van der Waals surface area (Å²) in [7, 11) is 0. The fourth-order valence-corrected chi connectivity index (χ4v) is 4.21. The Balaban J connectivity index is 2.08. The van der Waals surface area contributed by atoms with Gasteiger partial charge in [-0.25, -0.2) is 0 Å². The summed E-state index contributed by atoms with van der Waals surface area (Å²) in [6.45, 7) is 7.13. The normalized spacial score (nSPS) is 11.7. The van der Waals surface area contributed by atoms with Crippen LogP contribution in [0.1, 0.15) is 50.7 Å². The number of carbonyl (C=O) groups is 2. The molecule has 6 heteroatoms. The number of amides is 2. The van der Waals surface area contributed by atoms with Crippen molar-refractivity contribution in [2.24, 2.45) is 0 Å². The molecule has 0 radical (unpaired) electrons. The number of aryl methyl sites for hydroxylation is 1. The van der Waals surface area contributed by atoms with Crippen LogP contribution in [-0.2, 0) is 16.1 Å². The summed E-state index contributed by atoms with van der Waals surface area (Å²) < 4.78 is 0. The summed E-state index contributed by atoms with van der Waals surface area (Å²) in [5.74, 6) is 0.587. The molecule has 2 amide bonds. The summed E-state index contributed by atoms with van der Waals surface area (Å²) in [6.07, 6.45) is 2.90. The second kappa shape index (κ2) is 13.4. The molecule has 168 valence electrons. The lowest BCUT2D eigenvalue weighted by Crippen LogP contribution is -2.49. The molecule has 0 heterocycles. The van der Waals surface area contributed by atoms with E-state index in [4.69, 9.17) is 11.6 Å². The summed E-state index contributed by atoms with van der Waals surface area (Å²) in [5.41, 5.74) is 2.18. The maximum atomic E-state index is 13.2. The van der Waals surface area contributed by atoms with Gasteiger partial charge in [0.15, 0.2) is 0 Å². The van der Waals surface area contributed by atoms with Gasteiger partial charge in [-0.2, -0.15) is 0 Å². The van der Waals surface area contributed by atoms with E-state index in [0.29, 0.717) is 36.7 Å². The van der Waals surface area contributed by atoms with E-state index in [1.165, 1.54) is 5.56 Å². The number of nitrogens with one attached hydrogen (secondary N) is 1. The fourth-order valence-electron chi connectivity index (χ4n) is 3.25. The van der Waals surface area contributed by atoms with E-state index < -0.39 is 6.04 Å². The van der Waals surface area contributed by atoms with Crippen LogP contribution in [0.5, 0.6) is 0 Å². The van der Waals surface area contributed by atoms with Crippen LogP contribution in [-0.4, -0.2) is 35.1 Å². The topological polar surface area (TPSA) is 49.4 Å². The molecule has 0 saturated heterocycles. The van der Waals surface area contributed by atoms with Crippen LogP contribution in [0.15, 0.2) is 53.4 Å². The predicted molar refractivity (Wildman–Crippen MR) is 131 cm³/mol. The number of unbranched alkanes of at least 4 members (excludes halogenated alkanes) is 1. The molecular formula is C25H33ClN2O2S. The van der Waals surface area contributed by atoms with Gasteiger partial charge in [0, 0.05) is 35.2 Å². The van der Waals surface area contributed by atoms with E-state index in [2.05, 4.69) is 43.4 Å². The van der Waals surface area contributed by atoms with Crippen molar-refractivity contribution in [2.45, 2.75) is 63.9 Å². The molecule has 0 aliphatic heterocycles. The number of benzene rings is 2. The largest absolute Gasteiger partial charge is 0.354 e. The first-order chi connectivity index (χ1) is 14.9. The molecule has 2 aromatic rings. The minimum absolute atomic E-state index is 0.00736. The Bertz CT molecular complexity index is 824. The third-order valence-corrected chi connectivity index (χ3v) is 6.35. The zero-order valence-corrected chi connectivity index (χ0v) is 20.3.